The number of benzene rings is 1. The first-order valence-electron chi connectivity index (χ1n) is 13.1. The number of aryl methyl sites for hydroxylation is 2. The van der Waals surface area contributed by atoms with E-state index in [0.29, 0.717) is 34.9 Å². The standard InChI is InChI=1S/C29H29N7O5/c1-5-6-11-23-22(27(37)36(17(2)31-23)28-32-24(39-3)15-25(33-28)40-4)14-19-13-12-18(16-30-19)20-9-7-8-10-21(20)26-34-29(38)41-35-26/h7-10,12-13,15-16H,5-6,11,14H2,1-4H3,(H,34,35,38). The topological polar surface area (TPSA) is 151 Å². The Bertz CT molecular complexity index is 1770. The molecule has 0 radical (unpaired) electrons. The Morgan fingerprint density at radius 1 is 0.976 bits per heavy atom. The van der Waals surface area contributed by atoms with Gasteiger partial charge in [-0.15, -0.1) is 0 Å². The Morgan fingerprint density at radius 3 is 2.32 bits per heavy atom. The van der Waals surface area contributed by atoms with E-state index in [0.717, 1.165) is 29.7 Å². The fourth-order valence-electron chi connectivity index (χ4n) is 4.54. The molecule has 1 N–H and O–H groups in total. The van der Waals surface area contributed by atoms with Gasteiger partial charge < -0.3 is 9.47 Å². The van der Waals surface area contributed by atoms with Crippen molar-refractivity contribution in [1.29, 1.82) is 0 Å². The molecule has 1 aromatic carbocycles. The van der Waals surface area contributed by atoms with Gasteiger partial charge in [0.1, 0.15) is 5.82 Å². The van der Waals surface area contributed by atoms with E-state index >= 15 is 0 Å². The summed E-state index contributed by atoms with van der Waals surface area (Å²) in [5, 5.41) is 3.82. The summed E-state index contributed by atoms with van der Waals surface area (Å²) >= 11 is 0. The second kappa shape index (κ2) is 11.9. The summed E-state index contributed by atoms with van der Waals surface area (Å²) in [6.07, 6.45) is 4.51. The average molecular weight is 556 g/mol. The first-order chi connectivity index (χ1) is 19.9. The molecule has 0 atom stereocenters. The number of nitrogens with one attached hydrogen (secondary N) is 1. The molecule has 0 aliphatic carbocycles. The van der Waals surface area contributed by atoms with Crippen LogP contribution in [0.25, 0.3) is 28.5 Å². The lowest BCUT2D eigenvalue weighted by atomic mass is 9.99. The predicted octanol–water partition coefficient (Wildman–Crippen LogP) is 3.69. The number of hydrogen-bond donors (Lipinski definition) is 1. The molecule has 41 heavy (non-hydrogen) atoms. The smallest absolute Gasteiger partial charge is 0.439 e. The van der Waals surface area contributed by atoms with Crippen molar-refractivity contribution in [3.63, 3.8) is 0 Å². The maximum atomic E-state index is 14.0. The number of aromatic amines is 1. The van der Waals surface area contributed by atoms with Gasteiger partial charge in [-0.25, -0.2) is 14.3 Å². The normalized spacial score (nSPS) is 11.0. The fraction of sp³-hybridized carbons (Fsp3) is 0.276. The maximum absolute atomic E-state index is 14.0. The molecule has 0 aliphatic heterocycles. The third kappa shape index (κ3) is 5.76. The van der Waals surface area contributed by atoms with E-state index in [4.69, 9.17) is 14.5 Å². The first-order valence-corrected chi connectivity index (χ1v) is 13.1. The molecule has 0 saturated heterocycles. The zero-order chi connectivity index (χ0) is 28.9. The van der Waals surface area contributed by atoms with E-state index in [9.17, 15) is 9.59 Å². The van der Waals surface area contributed by atoms with Crippen LogP contribution in [0, 0.1) is 6.92 Å². The van der Waals surface area contributed by atoms with Crippen LogP contribution >= 0.6 is 0 Å². The zero-order valence-electron chi connectivity index (χ0n) is 23.2. The minimum absolute atomic E-state index is 0.116. The third-order valence-electron chi connectivity index (χ3n) is 6.60. The second-order valence-electron chi connectivity index (χ2n) is 9.29. The number of unbranched alkanes of at least 4 members (excludes halogenated alkanes) is 1. The Balaban J connectivity index is 1.54. The highest BCUT2D eigenvalue weighted by atomic mass is 16.5. The SMILES string of the molecule is CCCCc1nc(C)n(-c2nc(OC)cc(OC)n2)c(=O)c1Cc1ccc(-c2ccccc2-c2noc(=O)[nH]2)cn1. The number of rotatable bonds is 10. The summed E-state index contributed by atoms with van der Waals surface area (Å²) in [4.78, 5) is 46.3. The van der Waals surface area contributed by atoms with Gasteiger partial charge in [0, 0.05) is 35.0 Å². The molecule has 0 fully saturated rings. The van der Waals surface area contributed by atoms with Gasteiger partial charge in [-0.1, -0.05) is 48.8 Å². The zero-order valence-corrected chi connectivity index (χ0v) is 23.2. The van der Waals surface area contributed by atoms with Crippen molar-refractivity contribution >= 4 is 0 Å². The molecule has 0 unspecified atom stereocenters. The lowest BCUT2D eigenvalue weighted by Crippen LogP contribution is -2.30. The van der Waals surface area contributed by atoms with Gasteiger partial charge >= 0.3 is 5.76 Å². The minimum atomic E-state index is -0.627. The molecule has 5 rings (SSSR count). The lowest BCUT2D eigenvalue weighted by Gasteiger charge is -2.15. The van der Waals surface area contributed by atoms with Gasteiger partial charge in [-0.2, -0.15) is 9.97 Å². The van der Waals surface area contributed by atoms with Crippen molar-refractivity contribution in [2.75, 3.05) is 14.2 Å². The van der Waals surface area contributed by atoms with Crippen molar-refractivity contribution in [2.45, 2.75) is 39.5 Å². The Kier molecular flexibility index (Phi) is 7.99. The monoisotopic (exact) mass is 555 g/mol. The van der Waals surface area contributed by atoms with Crippen LogP contribution in [0.3, 0.4) is 0 Å². The largest absolute Gasteiger partial charge is 0.481 e. The minimum Gasteiger partial charge on any atom is -0.481 e. The summed E-state index contributed by atoms with van der Waals surface area (Å²) in [6, 6.07) is 12.8. The second-order valence-corrected chi connectivity index (χ2v) is 9.29. The molecule has 210 valence electrons. The fourth-order valence-corrected chi connectivity index (χ4v) is 4.54. The highest BCUT2D eigenvalue weighted by molar-refractivity contribution is 5.79. The summed E-state index contributed by atoms with van der Waals surface area (Å²) in [5.41, 5.74) is 4.01. The van der Waals surface area contributed by atoms with E-state index in [2.05, 4.69) is 36.5 Å². The molecule has 12 heteroatoms. The number of aromatic nitrogens is 7. The molecule has 4 heterocycles. The first kappa shape index (κ1) is 27.4. The number of pyridine rings is 1. The number of nitrogens with zero attached hydrogens (tertiary/aromatic N) is 6. The Hall–Kier alpha value is -5.13. The molecule has 12 nitrogen and oxygen atoms in total. The molecular weight excluding hydrogens is 526 g/mol. The molecule has 0 bridgehead atoms. The van der Waals surface area contributed by atoms with Crippen molar-refractivity contribution in [2.24, 2.45) is 0 Å². The van der Waals surface area contributed by atoms with Crippen LogP contribution in [0.2, 0.25) is 0 Å². The number of hydrogen-bond acceptors (Lipinski definition) is 10. The van der Waals surface area contributed by atoms with Crippen molar-refractivity contribution in [1.82, 2.24) is 34.6 Å². The van der Waals surface area contributed by atoms with Gasteiger partial charge in [0.05, 0.1) is 26.0 Å². The van der Waals surface area contributed by atoms with E-state index in [1.165, 1.54) is 24.9 Å². The van der Waals surface area contributed by atoms with Crippen LogP contribution < -0.4 is 20.8 Å². The van der Waals surface area contributed by atoms with Crippen LogP contribution in [-0.4, -0.2) is 48.9 Å². The summed E-state index contributed by atoms with van der Waals surface area (Å²) < 4.78 is 16.6. The van der Waals surface area contributed by atoms with E-state index in [1.54, 1.807) is 13.1 Å². The molecule has 5 aromatic rings. The quantitative estimate of drug-likeness (QED) is 0.270. The highest BCUT2D eigenvalue weighted by Gasteiger charge is 2.20. The molecule has 0 spiro atoms. The van der Waals surface area contributed by atoms with Crippen LogP contribution in [0.4, 0.5) is 0 Å². The summed E-state index contributed by atoms with van der Waals surface area (Å²) in [5.74, 6) is 0.815. The molecule has 0 aliphatic rings. The van der Waals surface area contributed by atoms with E-state index in [1.807, 2.05) is 36.4 Å². The van der Waals surface area contributed by atoms with Gasteiger partial charge in [-0.05, 0) is 31.4 Å². The van der Waals surface area contributed by atoms with Crippen molar-refractivity contribution < 1.29 is 14.0 Å². The Morgan fingerprint density at radius 2 is 1.71 bits per heavy atom. The predicted molar refractivity (Wildman–Crippen MR) is 150 cm³/mol. The molecule has 0 saturated carbocycles. The highest BCUT2D eigenvalue weighted by Crippen LogP contribution is 2.29. The summed E-state index contributed by atoms with van der Waals surface area (Å²) in [6.45, 7) is 3.85. The van der Waals surface area contributed by atoms with Crippen LogP contribution in [0.15, 0.2) is 62.8 Å². The lowest BCUT2D eigenvalue weighted by molar-refractivity contribution is 0.370. The van der Waals surface area contributed by atoms with Crippen LogP contribution in [-0.2, 0) is 12.8 Å². The van der Waals surface area contributed by atoms with Crippen LogP contribution in [0.1, 0.15) is 42.5 Å². The number of H-pyrrole nitrogens is 1. The molecular formula is C29H29N7O5. The van der Waals surface area contributed by atoms with Gasteiger partial charge in [0.15, 0.2) is 5.82 Å². The maximum Gasteiger partial charge on any atom is 0.439 e. The number of methoxy groups -OCH3 is 2. The van der Waals surface area contributed by atoms with Gasteiger partial charge in [0.2, 0.25) is 17.7 Å². The van der Waals surface area contributed by atoms with E-state index < -0.39 is 5.76 Å². The van der Waals surface area contributed by atoms with Crippen molar-refractivity contribution in [3.05, 3.63) is 92.3 Å². The summed E-state index contributed by atoms with van der Waals surface area (Å²) in [7, 11) is 2.97. The molecule has 4 aromatic heterocycles. The van der Waals surface area contributed by atoms with E-state index in [-0.39, 0.29) is 29.7 Å². The third-order valence-corrected chi connectivity index (χ3v) is 6.60. The van der Waals surface area contributed by atoms with Crippen molar-refractivity contribution in [3.8, 4) is 40.2 Å². The average Bonchev–Trinajstić information content (AvgIpc) is 3.43. The number of ether oxygens (including phenoxy) is 2. The van der Waals surface area contributed by atoms with Gasteiger partial charge in [0.25, 0.3) is 5.56 Å². The molecule has 0 amide bonds. The Labute approximate surface area is 235 Å². The van der Waals surface area contributed by atoms with Crippen LogP contribution in [0.5, 0.6) is 11.8 Å². The van der Waals surface area contributed by atoms with Gasteiger partial charge in [-0.3, -0.25) is 19.3 Å².